The molecule has 0 aliphatic carbocycles. The Labute approximate surface area is 126 Å². The molecular formula is C16H26O3S. The number of rotatable bonds is 10. The number of ether oxygens (including phenoxy) is 1. The second-order valence-corrected chi connectivity index (χ2v) is 6.19. The van der Waals surface area contributed by atoms with Gasteiger partial charge in [0.1, 0.15) is 0 Å². The third kappa shape index (κ3) is 7.75. The van der Waals surface area contributed by atoms with Crippen LogP contribution in [-0.2, 0) is 9.53 Å². The molecule has 114 valence electrons. The Balaban J connectivity index is 2.14. The Kier molecular flexibility index (Phi) is 9.50. The van der Waals surface area contributed by atoms with E-state index in [9.17, 15) is 4.79 Å². The summed E-state index contributed by atoms with van der Waals surface area (Å²) in [7, 11) is 0. The van der Waals surface area contributed by atoms with Crippen LogP contribution in [0, 0.1) is 11.8 Å². The monoisotopic (exact) mass is 298 g/mol. The highest BCUT2D eigenvalue weighted by Crippen LogP contribution is 2.28. The number of carbonyl (C=O) groups is 1. The van der Waals surface area contributed by atoms with Gasteiger partial charge in [0.05, 0.1) is 6.61 Å². The molecular weight excluding hydrogens is 272 g/mol. The zero-order valence-electron chi connectivity index (χ0n) is 12.3. The Bertz CT molecular complexity index is 326. The zero-order chi connectivity index (χ0) is 14.6. The molecule has 4 heteroatoms. The summed E-state index contributed by atoms with van der Waals surface area (Å²) in [6, 6.07) is 0. The van der Waals surface area contributed by atoms with E-state index in [1.165, 1.54) is 6.42 Å². The van der Waals surface area contributed by atoms with Gasteiger partial charge in [-0.2, -0.15) is 0 Å². The van der Waals surface area contributed by atoms with E-state index in [-0.39, 0.29) is 6.42 Å². The molecule has 20 heavy (non-hydrogen) atoms. The molecule has 1 aliphatic rings. The van der Waals surface area contributed by atoms with E-state index in [4.69, 9.17) is 9.84 Å². The van der Waals surface area contributed by atoms with Gasteiger partial charge in [0.25, 0.3) is 0 Å². The van der Waals surface area contributed by atoms with Crippen molar-refractivity contribution in [1.29, 1.82) is 0 Å². The fourth-order valence-corrected chi connectivity index (χ4v) is 3.13. The van der Waals surface area contributed by atoms with E-state index in [0.29, 0.717) is 11.8 Å². The molecule has 0 saturated carbocycles. The molecule has 1 heterocycles. The van der Waals surface area contributed by atoms with Crippen molar-refractivity contribution >= 4 is 17.7 Å². The second kappa shape index (κ2) is 11.0. The first-order chi connectivity index (χ1) is 9.74. The first-order valence-electron chi connectivity index (χ1n) is 7.41. The third-order valence-electron chi connectivity index (χ3n) is 3.54. The van der Waals surface area contributed by atoms with E-state index in [1.54, 1.807) is 0 Å². The Morgan fingerprint density at radius 2 is 2.15 bits per heavy atom. The fraction of sp³-hybridized carbons (Fsp3) is 0.688. The average Bonchev–Trinajstić information content (AvgIpc) is 2.86. The van der Waals surface area contributed by atoms with Crippen LogP contribution in [0.2, 0.25) is 0 Å². The summed E-state index contributed by atoms with van der Waals surface area (Å²) < 4.78 is 5.60. The number of allylic oxidation sites excluding steroid dienone is 3. The highest BCUT2D eigenvalue weighted by molar-refractivity contribution is 8.02. The first kappa shape index (κ1) is 17.3. The van der Waals surface area contributed by atoms with E-state index >= 15 is 0 Å². The molecule has 0 unspecified atom stereocenters. The number of carboxylic acid groups (broad SMARTS) is 1. The lowest BCUT2D eigenvalue weighted by Gasteiger charge is -2.14. The van der Waals surface area contributed by atoms with Crippen molar-refractivity contribution in [3.8, 4) is 0 Å². The molecule has 0 aromatic rings. The van der Waals surface area contributed by atoms with E-state index in [0.717, 1.165) is 38.2 Å². The smallest absolute Gasteiger partial charge is 0.303 e. The van der Waals surface area contributed by atoms with Crippen LogP contribution in [-0.4, -0.2) is 30.0 Å². The van der Waals surface area contributed by atoms with Gasteiger partial charge in [0.2, 0.25) is 0 Å². The molecule has 3 nitrogen and oxygen atoms in total. The van der Waals surface area contributed by atoms with Gasteiger partial charge in [-0.05, 0) is 55.6 Å². The molecule has 0 aromatic carbocycles. The molecule has 0 amide bonds. The number of unbranched alkanes of at least 4 members (excludes halogenated alkanes) is 1. The maximum atomic E-state index is 10.4. The Hall–Kier alpha value is -0.740. The van der Waals surface area contributed by atoms with Gasteiger partial charge in [-0.3, -0.25) is 4.79 Å². The van der Waals surface area contributed by atoms with Crippen LogP contribution in [0.1, 0.15) is 39.0 Å². The van der Waals surface area contributed by atoms with Crippen molar-refractivity contribution in [3.63, 3.8) is 0 Å². The number of thioether (sulfide) groups is 1. The molecule has 0 radical (unpaired) electrons. The molecule has 0 bridgehead atoms. The van der Waals surface area contributed by atoms with Crippen LogP contribution in [0.25, 0.3) is 0 Å². The summed E-state index contributed by atoms with van der Waals surface area (Å²) in [5, 5.41) is 10.7. The van der Waals surface area contributed by atoms with Crippen LogP contribution >= 0.6 is 11.8 Å². The summed E-state index contributed by atoms with van der Waals surface area (Å²) in [5.74, 6) is 1.77. The average molecular weight is 298 g/mol. The molecule has 1 N–H and O–H groups in total. The molecule has 0 aromatic heterocycles. The normalized spacial score (nSPS) is 23.1. The zero-order valence-corrected chi connectivity index (χ0v) is 13.1. The summed E-state index contributed by atoms with van der Waals surface area (Å²) in [6.07, 6.45) is 10.5. The summed E-state index contributed by atoms with van der Waals surface area (Å²) in [5.41, 5.74) is 0. The summed E-state index contributed by atoms with van der Waals surface area (Å²) in [4.78, 5) is 10.4. The van der Waals surface area contributed by atoms with Crippen molar-refractivity contribution in [1.82, 2.24) is 0 Å². The van der Waals surface area contributed by atoms with Gasteiger partial charge in [-0.25, -0.2) is 0 Å². The van der Waals surface area contributed by atoms with Crippen molar-refractivity contribution in [2.24, 2.45) is 11.8 Å². The molecule has 1 aliphatic heterocycles. The lowest BCUT2D eigenvalue weighted by molar-refractivity contribution is -0.137. The van der Waals surface area contributed by atoms with Crippen LogP contribution < -0.4 is 0 Å². The maximum absolute atomic E-state index is 10.4. The number of hydrogen-bond acceptors (Lipinski definition) is 3. The van der Waals surface area contributed by atoms with Crippen LogP contribution in [0.3, 0.4) is 0 Å². The standard InChI is InChI=1S/C16H26O3S/c1-2-10-20-11-9-15-13-19-12-14(15)7-5-3-4-6-8-16(17)18/h2-3,5,10,14-15H,4,6-9,11-13H2,1H3,(H,17,18)/t14-,15+/m0/s1. The Morgan fingerprint density at radius 3 is 2.90 bits per heavy atom. The summed E-state index contributed by atoms with van der Waals surface area (Å²) in [6.45, 7) is 3.82. The highest BCUT2D eigenvalue weighted by atomic mass is 32.2. The largest absolute Gasteiger partial charge is 0.481 e. The second-order valence-electron chi connectivity index (χ2n) is 5.18. The predicted molar refractivity (Wildman–Crippen MR) is 84.9 cm³/mol. The number of aliphatic carboxylic acids is 1. The fourth-order valence-electron chi connectivity index (χ4n) is 2.37. The minimum Gasteiger partial charge on any atom is -0.481 e. The van der Waals surface area contributed by atoms with Gasteiger partial charge in [-0.15, -0.1) is 11.8 Å². The van der Waals surface area contributed by atoms with Crippen molar-refractivity contribution in [2.45, 2.75) is 39.0 Å². The lowest BCUT2D eigenvalue weighted by atomic mass is 9.90. The van der Waals surface area contributed by atoms with E-state index in [2.05, 4.69) is 23.6 Å². The van der Waals surface area contributed by atoms with Crippen molar-refractivity contribution < 1.29 is 14.6 Å². The topological polar surface area (TPSA) is 46.5 Å². The minimum atomic E-state index is -0.707. The van der Waals surface area contributed by atoms with Crippen LogP contribution in [0.15, 0.2) is 23.6 Å². The minimum absolute atomic E-state index is 0.266. The van der Waals surface area contributed by atoms with Gasteiger partial charge in [0, 0.05) is 13.0 Å². The summed E-state index contributed by atoms with van der Waals surface area (Å²) >= 11 is 1.87. The molecule has 1 fully saturated rings. The number of carboxylic acids is 1. The first-order valence-corrected chi connectivity index (χ1v) is 8.46. The SMILES string of the molecule is CC=CSCC[C@@H]1COC[C@@H]1CC=CCCCC(=O)O. The molecule has 1 saturated heterocycles. The van der Waals surface area contributed by atoms with Gasteiger partial charge < -0.3 is 9.84 Å². The highest BCUT2D eigenvalue weighted by Gasteiger charge is 2.26. The molecule has 1 rings (SSSR count). The van der Waals surface area contributed by atoms with Gasteiger partial charge >= 0.3 is 5.97 Å². The van der Waals surface area contributed by atoms with Crippen molar-refractivity contribution in [2.75, 3.05) is 19.0 Å². The predicted octanol–water partition coefficient (Wildman–Crippen LogP) is 4.11. The van der Waals surface area contributed by atoms with Gasteiger partial charge in [-0.1, -0.05) is 18.2 Å². The van der Waals surface area contributed by atoms with Gasteiger partial charge in [0.15, 0.2) is 0 Å². The lowest BCUT2D eigenvalue weighted by Crippen LogP contribution is -2.12. The maximum Gasteiger partial charge on any atom is 0.303 e. The van der Waals surface area contributed by atoms with Crippen LogP contribution in [0.4, 0.5) is 0 Å². The van der Waals surface area contributed by atoms with E-state index in [1.807, 2.05) is 18.7 Å². The van der Waals surface area contributed by atoms with Crippen molar-refractivity contribution in [3.05, 3.63) is 23.6 Å². The van der Waals surface area contributed by atoms with E-state index < -0.39 is 5.97 Å². The molecule has 2 atom stereocenters. The quantitative estimate of drug-likeness (QED) is 0.487. The molecule has 0 spiro atoms. The third-order valence-corrected chi connectivity index (χ3v) is 4.47. The number of hydrogen-bond donors (Lipinski definition) is 1. The van der Waals surface area contributed by atoms with Crippen LogP contribution in [0.5, 0.6) is 0 Å². The Morgan fingerprint density at radius 1 is 1.35 bits per heavy atom.